The molecule has 0 spiro atoms. The van der Waals surface area contributed by atoms with Crippen molar-refractivity contribution in [3.63, 3.8) is 0 Å². The van der Waals surface area contributed by atoms with Crippen LogP contribution in [-0.4, -0.2) is 9.13 Å². The summed E-state index contributed by atoms with van der Waals surface area (Å²) in [4.78, 5) is 0. The van der Waals surface area contributed by atoms with Gasteiger partial charge in [-0.25, -0.2) is 0 Å². The van der Waals surface area contributed by atoms with Crippen LogP contribution in [0.15, 0.2) is 115 Å². The van der Waals surface area contributed by atoms with Gasteiger partial charge in [-0.2, -0.15) is 0 Å². The van der Waals surface area contributed by atoms with Gasteiger partial charge < -0.3 is 9.13 Å². The van der Waals surface area contributed by atoms with E-state index in [-0.39, 0.29) is 21.7 Å². The number of fused-ring (bicyclic) bond motifs is 6. The highest BCUT2D eigenvalue weighted by Gasteiger charge is 2.26. The summed E-state index contributed by atoms with van der Waals surface area (Å²) in [6.07, 6.45) is 0. The van der Waals surface area contributed by atoms with Gasteiger partial charge in [0.25, 0.3) is 0 Å². The zero-order valence-electron chi connectivity index (χ0n) is 35.4. The van der Waals surface area contributed by atoms with Crippen LogP contribution in [0.5, 0.6) is 0 Å². The molecule has 8 aromatic rings. The number of hydrogen-bond acceptors (Lipinski definition) is 0. The molecule has 0 bridgehead atoms. The van der Waals surface area contributed by atoms with Crippen molar-refractivity contribution in [3.8, 4) is 22.5 Å². The number of benzene rings is 6. The number of aromatic nitrogens is 2. The number of nitrogens with zero attached hydrogens (tertiary/aromatic N) is 2. The highest BCUT2D eigenvalue weighted by atomic mass is 15.0. The van der Waals surface area contributed by atoms with Crippen LogP contribution in [0.4, 0.5) is 0 Å². The maximum atomic E-state index is 2.54. The Morgan fingerprint density at radius 1 is 0.382 bits per heavy atom. The lowest BCUT2D eigenvalue weighted by Crippen LogP contribution is -2.17. The van der Waals surface area contributed by atoms with Crippen molar-refractivity contribution in [2.75, 3.05) is 0 Å². The molecule has 0 N–H and O–H groups in total. The molecule has 0 atom stereocenters. The third kappa shape index (κ3) is 6.19. The van der Waals surface area contributed by atoms with Gasteiger partial charge in [-0.1, -0.05) is 144 Å². The third-order valence-corrected chi connectivity index (χ3v) is 11.9. The van der Waals surface area contributed by atoms with Gasteiger partial charge >= 0.3 is 0 Å². The number of hydrogen-bond donors (Lipinski definition) is 0. The first-order valence-electron chi connectivity index (χ1n) is 20.1. The summed E-state index contributed by atoms with van der Waals surface area (Å²) in [5.41, 5.74) is 16.7. The highest BCUT2D eigenvalue weighted by molar-refractivity contribution is 6.18. The van der Waals surface area contributed by atoms with E-state index in [0.29, 0.717) is 0 Å². The topological polar surface area (TPSA) is 9.86 Å². The molecule has 0 saturated heterocycles. The lowest BCUT2D eigenvalue weighted by molar-refractivity contribution is 0.568. The maximum Gasteiger partial charge on any atom is 0.0547 e. The van der Waals surface area contributed by atoms with Gasteiger partial charge in [-0.15, -0.1) is 0 Å². The van der Waals surface area contributed by atoms with Crippen molar-refractivity contribution < 1.29 is 0 Å². The van der Waals surface area contributed by atoms with Gasteiger partial charge in [-0.05, 0) is 122 Å². The molecule has 0 radical (unpaired) electrons. The Bertz CT molecular complexity index is 2670. The monoisotopic (exact) mass is 722 g/mol. The molecule has 2 nitrogen and oxygen atoms in total. The van der Waals surface area contributed by atoms with E-state index in [1.165, 1.54) is 93.9 Å². The summed E-state index contributed by atoms with van der Waals surface area (Å²) in [7, 11) is 0. The second kappa shape index (κ2) is 12.5. The fourth-order valence-electron chi connectivity index (χ4n) is 8.51. The molecule has 280 valence electrons. The fraction of sp³-hybridized carbons (Fsp3) is 0.321. The lowest BCUT2D eigenvalue weighted by Gasteiger charge is -2.27. The smallest absolute Gasteiger partial charge is 0.0547 e. The van der Waals surface area contributed by atoms with Gasteiger partial charge in [0.2, 0.25) is 0 Å². The minimum absolute atomic E-state index is 0.00327. The quantitative estimate of drug-likeness (QED) is 0.172. The zero-order chi connectivity index (χ0) is 39.4. The number of aryl methyl sites for hydroxylation is 1. The van der Waals surface area contributed by atoms with Gasteiger partial charge in [0.15, 0.2) is 0 Å². The molecule has 2 heterocycles. The second-order valence-electron chi connectivity index (χ2n) is 20.1. The van der Waals surface area contributed by atoms with E-state index in [9.17, 15) is 0 Å². The Kier molecular flexibility index (Phi) is 8.36. The van der Waals surface area contributed by atoms with Gasteiger partial charge in [-0.3, -0.25) is 0 Å². The van der Waals surface area contributed by atoms with Crippen LogP contribution in [-0.2, 0) is 21.7 Å². The van der Waals surface area contributed by atoms with Crippen molar-refractivity contribution in [2.45, 2.75) is 112 Å². The molecule has 6 aromatic carbocycles. The van der Waals surface area contributed by atoms with Crippen molar-refractivity contribution in [2.24, 2.45) is 0 Å². The van der Waals surface area contributed by atoms with Crippen LogP contribution in [0.3, 0.4) is 0 Å². The zero-order valence-corrected chi connectivity index (χ0v) is 35.4. The Hall–Kier alpha value is -5.08. The summed E-state index contributed by atoms with van der Waals surface area (Å²) in [5, 5.41) is 5.23. The summed E-state index contributed by atoms with van der Waals surface area (Å²) in [6.45, 7) is 30.2. The maximum absolute atomic E-state index is 2.54. The fourth-order valence-corrected chi connectivity index (χ4v) is 8.51. The first kappa shape index (κ1) is 36.9. The summed E-state index contributed by atoms with van der Waals surface area (Å²) < 4.78 is 5.07. The van der Waals surface area contributed by atoms with Crippen molar-refractivity contribution in [1.29, 1.82) is 0 Å². The average molecular weight is 723 g/mol. The molecule has 2 heteroatoms. The first-order valence-corrected chi connectivity index (χ1v) is 20.1. The molecule has 0 amide bonds. The Morgan fingerprint density at radius 2 is 0.873 bits per heavy atom. The predicted molar refractivity (Wildman–Crippen MR) is 240 cm³/mol. The molecule has 0 saturated carbocycles. The van der Waals surface area contributed by atoms with Crippen LogP contribution in [0.1, 0.15) is 111 Å². The van der Waals surface area contributed by atoms with Crippen LogP contribution in [0, 0.1) is 6.92 Å². The van der Waals surface area contributed by atoms with Crippen LogP contribution in [0.25, 0.3) is 66.1 Å². The third-order valence-electron chi connectivity index (χ3n) is 11.9. The Labute approximate surface area is 328 Å². The van der Waals surface area contributed by atoms with Gasteiger partial charge in [0, 0.05) is 32.9 Å². The summed E-state index contributed by atoms with van der Waals surface area (Å²) in [5.74, 6) is 0. The minimum Gasteiger partial charge on any atom is -0.309 e. The Balaban J connectivity index is 1.52. The standard InChI is InChI=1S/C53H58N2/c1-33-43(55-44-24-22-35(50(2,3)4)31-41(44)42-32-36(51(5,6)7)23-25-45(42)55)26-27-47-48(33)49-40(34-18-15-14-16-19-34)20-17-21-46(49)54(47)39-29-37(52(8,9)10)28-38(30-39)53(11,12)13/h14-32H,1-13H3. The van der Waals surface area contributed by atoms with E-state index < -0.39 is 0 Å². The second-order valence-corrected chi connectivity index (χ2v) is 20.1. The summed E-state index contributed by atoms with van der Waals surface area (Å²) >= 11 is 0. The van der Waals surface area contributed by atoms with E-state index in [4.69, 9.17) is 0 Å². The van der Waals surface area contributed by atoms with E-state index in [2.05, 4.69) is 214 Å². The molecule has 55 heavy (non-hydrogen) atoms. The average Bonchev–Trinajstić information content (AvgIpc) is 3.63. The first-order chi connectivity index (χ1) is 25.7. The molecular weight excluding hydrogens is 665 g/mol. The van der Waals surface area contributed by atoms with E-state index in [0.717, 1.165) is 0 Å². The van der Waals surface area contributed by atoms with E-state index in [1.54, 1.807) is 0 Å². The minimum atomic E-state index is 0.00327. The highest BCUT2D eigenvalue weighted by Crippen LogP contribution is 2.45. The molecule has 2 aromatic heterocycles. The van der Waals surface area contributed by atoms with E-state index >= 15 is 0 Å². The van der Waals surface area contributed by atoms with Crippen LogP contribution >= 0.6 is 0 Å². The SMILES string of the molecule is Cc1c(-n2c3ccc(C(C)(C)C)cc3c3cc(C(C)(C)C)ccc32)ccc2c1c1c(-c3ccccc3)cccc1n2-c1cc(C(C)(C)C)cc(C(C)(C)C)c1. The molecule has 0 aliphatic heterocycles. The molecule has 0 fully saturated rings. The van der Waals surface area contributed by atoms with Gasteiger partial charge in [0.1, 0.15) is 0 Å². The van der Waals surface area contributed by atoms with Crippen molar-refractivity contribution in [3.05, 3.63) is 143 Å². The number of rotatable bonds is 3. The molecule has 8 rings (SSSR count). The normalized spacial score (nSPS) is 13.2. The molecule has 0 aliphatic rings. The van der Waals surface area contributed by atoms with E-state index in [1.807, 2.05) is 0 Å². The lowest BCUT2D eigenvalue weighted by atomic mass is 9.80. The molecule has 0 aliphatic carbocycles. The predicted octanol–water partition coefficient (Wildman–Crippen LogP) is 15.0. The summed E-state index contributed by atoms with van der Waals surface area (Å²) in [6, 6.07) is 44.1. The van der Waals surface area contributed by atoms with Crippen LogP contribution < -0.4 is 0 Å². The molecule has 0 unspecified atom stereocenters. The Morgan fingerprint density at radius 3 is 1.38 bits per heavy atom. The van der Waals surface area contributed by atoms with Gasteiger partial charge in [0.05, 0.1) is 22.1 Å². The van der Waals surface area contributed by atoms with Crippen LogP contribution in [0.2, 0.25) is 0 Å². The van der Waals surface area contributed by atoms with Crippen molar-refractivity contribution in [1.82, 2.24) is 9.13 Å². The largest absolute Gasteiger partial charge is 0.309 e. The molecular formula is C53H58N2. The van der Waals surface area contributed by atoms with Crippen molar-refractivity contribution >= 4 is 43.6 Å².